The van der Waals surface area contributed by atoms with Gasteiger partial charge in [0.2, 0.25) is 0 Å². The lowest BCUT2D eigenvalue weighted by Gasteiger charge is -2.17. The van der Waals surface area contributed by atoms with Gasteiger partial charge in [-0.2, -0.15) is 0 Å². The molecule has 0 amide bonds. The van der Waals surface area contributed by atoms with Gasteiger partial charge in [0, 0.05) is 6.42 Å². The lowest BCUT2D eigenvalue weighted by molar-refractivity contribution is 0.401. The first kappa shape index (κ1) is 8.10. The molecule has 3 atom stereocenters. The third-order valence-corrected chi connectivity index (χ3v) is 3.03. The summed E-state index contributed by atoms with van der Waals surface area (Å²) in [5.41, 5.74) is 1.46. The Labute approximate surface area is 75.4 Å². The lowest BCUT2D eigenvalue weighted by Crippen LogP contribution is -2.08. The van der Waals surface area contributed by atoms with Crippen molar-refractivity contribution in [2.75, 3.05) is 0 Å². The molecule has 1 fully saturated rings. The van der Waals surface area contributed by atoms with Crippen molar-refractivity contribution >= 4 is 0 Å². The Balaban J connectivity index is 2.22. The first-order valence-corrected chi connectivity index (χ1v) is 4.90. The Morgan fingerprint density at radius 1 is 1.42 bits per heavy atom. The molecule has 3 unspecified atom stereocenters. The van der Waals surface area contributed by atoms with Crippen LogP contribution in [-0.2, 0) is 0 Å². The van der Waals surface area contributed by atoms with Gasteiger partial charge in [-0.3, -0.25) is 0 Å². The van der Waals surface area contributed by atoms with Crippen LogP contribution in [0.15, 0.2) is 23.8 Å². The first-order valence-electron chi connectivity index (χ1n) is 4.90. The second-order valence-corrected chi connectivity index (χ2v) is 4.15. The number of fused-ring (bicyclic) bond motifs is 1. The summed E-state index contributed by atoms with van der Waals surface area (Å²) in [5.74, 6) is 2.28. The maximum absolute atomic E-state index is 3.54. The first-order chi connectivity index (χ1) is 5.77. The standard InChI is InChI=1S/C12H16/c1-9-7-11-6-4-3-5-10(2)12(11)8-9/h3-4,6,9-10,12H,5,8H2,1-2H3. The van der Waals surface area contributed by atoms with Gasteiger partial charge in [-0.1, -0.05) is 37.6 Å². The van der Waals surface area contributed by atoms with Crippen LogP contribution >= 0.6 is 0 Å². The van der Waals surface area contributed by atoms with Crippen LogP contribution in [0.2, 0.25) is 0 Å². The number of hydrogen-bond donors (Lipinski definition) is 0. The molecule has 2 aliphatic rings. The van der Waals surface area contributed by atoms with Crippen LogP contribution in [-0.4, -0.2) is 0 Å². The van der Waals surface area contributed by atoms with Crippen molar-refractivity contribution < 1.29 is 0 Å². The Morgan fingerprint density at radius 3 is 3.08 bits per heavy atom. The summed E-state index contributed by atoms with van der Waals surface area (Å²) in [7, 11) is 0. The van der Waals surface area contributed by atoms with Gasteiger partial charge < -0.3 is 0 Å². The number of rotatable bonds is 0. The average molecular weight is 160 g/mol. The highest BCUT2D eigenvalue weighted by Crippen LogP contribution is 2.41. The predicted molar refractivity (Wildman–Crippen MR) is 51.5 cm³/mol. The fraction of sp³-hybridized carbons (Fsp3) is 0.583. The van der Waals surface area contributed by atoms with E-state index < -0.39 is 0 Å². The molecule has 0 heterocycles. The normalized spacial score (nSPS) is 40.5. The van der Waals surface area contributed by atoms with Gasteiger partial charge in [0.1, 0.15) is 0 Å². The summed E-state index contributed by atoms with van der Waals surface area (Å²) in [4.78, 5) is 0. The topological polar surface area (TPSA) is 0 Å². The molecule has 0 N–H and O–H groups in total. The van der Waals surface area contributed by atoms with E-state index in [-0.39, 0.29) is 0 Å². The largest absolute Gasteiger partial charge is 0.0843 e. The minimum absolute atomic E-state index is 0.676. The minimum atomic E-state index is 0.676. The second kappa shape index (κ2) is 3.08. The second-order valence-electron chi connectivity index (χ2n) is 4.15. The maximum Gasteiger partial charge on any atom is 0.0154 e. The average Bonchev–Trinajstić information content (AvgIpc) is 2.33. The van der Waals surface area contributed by atoms with Gasteiger partial charge in [-0.05, 0) is 30.6 Å². The molecular weight excluding hydrogens is 144 g/mol. The third-order valence-electron chi connectivity index (χ3n) is 3.03. The minimum Gasteiger partial charge on any atom is -0.0843 e. The van der Waals surface area contributed by atoms with Gasteiger partial charge >= 0.3 is 0 Å². The molecule has 0 saturated heterocycles. The predicted octanol–water partition coefficient (Wildman–Crippen LogP) is 3.25. The molecule has 0 nitrogen and oxygen atoms in total. The number of allylic oxidation sites excluding steroid dienone is 4. The Kier molecular flexibility index (Phi) is 2.08. The summed E-state index contributed by atoms with van der Waals surface area (Å²) in [6.07, 6.45) is 12.8. The van der Waals surface area contributed by atoms with E-state index in [9.17, 15) is 0 Å². The molecule has 2 aliphatic carbocycles. The van der Waals surface area contributed by atoms with E-state index in [1.165, 1.54) is 18.4 Å². The van der Waals surface area contributed by atoms with E-state index >= 15 is 0 Å². The molecule has 12 heavy (non-hydrogen) atoms. The van der Waals surface area contributed by atoms with Crippen LogP contribution in [0.25, 0.3) is 0 Å². The van der Waals surface area contributed by atoms with E-state index in [1.807, 2.05) is 0 Å². The van der Waals surface area contributed by atoms with E-state index in [4.69, 9.17) is 0 Å². The van der Waals surface area contributed by atoms with E-state index in [0.717, 1.165) is 11.8 Å². The van der Waals surface area contributed by atoms with E-state index in [0.29, 0.717) is 5.92 Å². The Hall–Kier alpha value is -0.520. The van der Waals surface area contributed by atoms with Gasteiger partial charge in [-0.25, -0.2) is 0 Å². The molecule has 1 saturated carbocycles. The van der Waals surface area contributed by atoms with Crippen LogP contribution in [0, 0.1) is 24.2 Å². The van der Waals surface area contributed by atoms with Crippen LogP contribution < -0.4 is 0 Å². The van der Waals surface area contributed by atoms with E-state index in [2.05, 4.69) is 38.5 Å². The SMILES string of the molecule is CC1[C]C2=CC=CCC(C)C2C1. The van der Waals surface area contributed by atoms with Crippen LogP contribution in [0.5, 0.6) is 0 Å². The van der Waals surface area contributed by atoms with Crippen molar-refractivity contribution in [1.29, 1.82) is 0 Å². The summed E-state index contributed by atoms with van der Waals surface area (Å²) >= 11 is 0. The molecule has 0 heteroatoms. The van der Waals surface area contributed by atoms with Crippen molar-refractivity contribution in [1.82, 2.24) is 0 Å². The third kappa shape index (κ3) is 1.35. The zero-order chi connectivity index (χ0) is 8.55. The summed E-state index contributed by atoms with van der Waals surface area (Å²) < 4.78 is 0. The summed E-state index contributed by atoms with van der Waals surface area (Å²) in [5, 5.41) is 0. The van der Waals surface area contributed by atoms with Gasteiger partial charge in [-0.15, -0.1) is 0 Å². The highest BCUT2D eigenvalue weighted by molar-refractivity contribution is 5.30. The highest BCUT2D eigenvalue weighted by Gasteiger charge is 2.30. The van der Waals surface area contributed by atoms with Crippen molar-refractivity contribution in [3.8, 4) is 0 Å². The highest BCUT2D eigenvalue weighted by atomic mass is 14.3. The van der Waals surface area contributed by atoms with Crippen molar-refractivity contribution in [2.45, 2.75) is 26.7 Å². The lowest BCUT2D eigenvalue weighted by atomic mass is 9.88. The van der Waals surface area contributed by atoms with Gasteiger partial charge in [0.25, 0.3) is 0 Å². The van der Waals surface area contributed by atoms with Crippen LogP contribution in [0.4, 0.5) is 0 Å². The van der Waals surface area contributed by atoms with E-state index in [1.54, 1.807) is 0 Å². The molecule has 0 aromatic heterocycles. The maximum atomic E-state index is 3.54. The summed E-state index contributed by atoms with van der Waals surface area (Å²) in [6, 6.07) is 0. The molecule has 0 bridgehead atoms. The number of hydrogen-bond acceptors (Lipinski definition) is 0. The summed E-state index contributed by atoms with van der Waals surface area (Å²) in [6.45, 7) is 4.62. The van der Waals surface area contributed by atoms with Crippen molar-refractivity contribution in [3.63, 3.8) is 0 Å². The molecule has 0 aromatic carbocycles. The van der Waals surface area contributed by atoms with Crippen molar-refractivity contribution in [3.05, 3.63) is 30.2 Å². The van der Waals surface area contributed by atoms with Gasteiger partial charge in [0.05, 0.1) is 0 Å². The fourth-order valence-corrected chi connectivity index (χ4v) is 2.30. The fourth-order valence-electron chi connectivity index (χ4n) is 2.30. The molecule has 0 aromatic rings. The zero-order valence-electron chi connectivity index (χ0n) is 7.88. The molecule has 2 radical (unpaired) electrons. The molecule has 0 aliphatic heterocycles. The molecule has 64 valence electrons. The smallest absolute Gasteiger partial charge is 0.0154 e. The monoisotopic (exact) mass is 160 g/mol. The zero-order valence-corrected chi connectivity index (χ0v) is 7.88. The van der Waals surface area contributed by atoms with Crippen LogP contribution in [0.3, 0.4) is 0 Å². The van der Waals surface area contributed by atoms with Crippen LogP contribution in [0.1, 0.15) is 26.7 Å². The quantitative estimate of drug-likeness (QED) is 0.510. The molecule has 2 rings (SSSR count). The molecule has 0 spiro atoms. The molecular formula is C12H16. The van der Waals surface area contributed by atoms with Crippen molar-refractivity contribution in [2.24, 2.45) is 17.8 Å². The van der Waals surface area contributed by atoms with Gasteiger partial charge in [0.15, 0.2) is 0 Å². The Morgan fingerprint density at radius 2 is 2.25 bits per heavy atom. The Bertz CT molecular complexity index is 222.